The predicted octanol–water partition coefficient (Wildman–Crippen LogP) is 1.85. The minimum atomic E-state index is -0.0279. The van der Waals surface area contributed by atoms with Crippen LogP contribution in [0, 0.1) is 5.92 Å². The first kappa shape index (κ1) is 15.8. The first-order chi connectivity index (χ1) is 8.79. The van der Waals surface area contributed by atoms with E-state index in [1.54, 1.807) is 19.2 Å². The summed E-state index contributed by atoms with van der Waals surface area (Å²) < 4.78 is 5.10. The van der Waals surface area contributed by atoms with Crippen LogP contribution < -0.4 is 15.4 Å². The Kier molecular flexibility index (Phi) is 6.67. The van der Waals surface area contributed by atoms with Gasteiger partial charge in [-0.1, -0.05) is 6.07 Å². The van der Waals surface area contributed by atoms with Crippen molar-refractivity contribution in [2.75, 3.05) is 26.7 Å². The number of carbonyl (C=O) groups excluding carboxylic acids is 1. The third-order valence-electron chi connectivity index (χ3n) is 3.33. The maximum atomic E-state index is 11.9. The van der Waals surface area contributed by atoms with Crippen LogP contribution in [0.1, 0.15) is 23.2 Å². The summed E-state index contributed by atoms with van der Waals surface area (Å²) in [5, 5.41) is 6.28. The van der Waals surface area contributed by atoms with Crippen LogP contribution in [0.2, 0.25) is 0 Å². The quantitative estimate of drug-likeness (QED) is 0.868. The molecule has 0 bridgehead atoms. The molecule has 1 amide bonds. The van der Waals surface area contributed by atoms with E-state index in [9.17, 15) is 4.79 Å². The van der Waals surface area contributed by atoms with Gasteiger partial charge in [-0.3, -0.25) is 4.79 Å². The van der Waals surface area contributed by atoms with Crippen LogP contribution in [0.25, 0.3) is 0 Å². The molecule has 1 unspecified atom stereocenters. The van der Waals surface area contributed by atoms with Gasteiger partial charge in [0.2, 0.25) is 0 Å². The summed E-state index contributed by atoms with van der Waals surface area (Å²) >= 11 is 0. The van der Waals surface area contributed by atoms with Crippen LogP contribution in [0.4, 0.5) is 0 Å². The zero-order chi connectivity index (χ0) is 12.8. The highest BCUT2D eigenvalue weighted by Crippen LogP contribution is 2.13. The van der Waals surface area contributed by atoms with Crippen molar-refractivity contribution in [3.63, 3.8) is 0 Å². The van der Waals surface area contributed by atoms with Gasteiger partial charge in [-0.05, 0) is 50.0 Å². The van der Waals surface area contributed by atoms with Gasteiger partial charge in [0.25, 0.3) is 5.91 Å². The van der Waals surface area contributed by atoms with Crippen molar-refractivity contribution < 1.29 is 9.53 Å². The highest BCUT2D eigenvalue weighted by atomic mass is 35.5. The number of amides is 1. The average molecular weight is 285 g/mol. The van der Waals surface area contributed by atoms with Crippen LogP contribution in [0.3, 0.4) is 0 Å². The number of halogens is 1. The molecular weight excluding hydrogens is 264 g/mol. The Bertz CT molecular complexity index is 406. The summed E-state index contributed by atoms with van der Waals surface area (Å²) in [7, 11) is 1.60. The second kappa shape index (κ2) is 8.02. The van der Waals surface area contributed by atoms with Crippen molar-refractivity contribution in [2.45, 2.75) is 12.8 Å². The molecule has 2 rings (SSSR count). The molecule has 1 saturated heterocycles. The highest BCUT2D eigenvalue weighted by molar-refractivity contribution is 5.94. The van der Waals surface area contributed by atoms with E-state index in [1.807, 2.05) is 12.1 Å². The van der Waals surface area contributed by atoms with Gasteiger partial charge >= 0.3 is 0 Å². The van der Waals surface area contributed by atoms with E-state index in [2.05, 4.69) is 10.6 Å². The maximum Gasteiger partial charge on any atom is 0.251 e. The van der Waals surface area contributed by atoms with Crippen molar-refractivity contribution in [1.82, 2.24) is 10.6 Å². The fourth-order valence-electron chi connectivity index (χ4n) is 2.22. The lowest BCUT2D eigenvalue weighted by Crippen LogP contribution is -2.26. The fraction of sp³-hybridized carbons (Fsp3) is 0.500. The number of rotatable bonds is 5. The van der Waals surface area contributed by atoms with Gasteiger partial charge in [-0.15, -0.1) is 12.4 Å². The first-order valence-corrected chi connectivity index (χ1v) is 6.42. The first-order valence-electron chi connectivity index (χ1n) is 6.42. The van der Waals surface area contributed by atoms with Crippen molar-refractivity contribution in [3.05, 3.63) is 29.8 Å². The second-order valence-electron chi connectivity index (χ2n) is 4.64. The Morgan fingerprint density at radius 2 is 2.37 bits per heavy atom. The smallest absolute Gasteiger partial charge is 0.251 e. The van der Waals surface area contributed by atoms with Crippen molar-refractivity contribution in [2.24, 2.45) is 5.92 Å². The molecule has 0 saturated carbocycles. The van der Waals surface area contributed by atoms with Gasteiger partial charge in [0.1, 0.15) is 5.75 Å². The van der Waals surface area contributed by atoms with Crippen molar-refractivity contribution >= 4 is 18.3 Å². The van der Waals surface area contributed by atoms with E-state index in [1.165, 1.54) is 6.42 Å². The molecule has 19 heavy (non-hydrogen) atoms. The molecule has 1 aliphatic heterocycles. The van der Waals surface area contributed by atoms with Gasteiger partial charge in [-0.25, -0.2) is 0 Å². The molecule has 0 aromatic heterocycles. The topological polar surface area (TPSA) is 50.4 Å². The van der Waals surface area contributed by atoms with Crippen LogP contribution in [0.15, 0.2) is 24.3 Å². The minimum Gasteiger partial charge on any atom is -0.497 e. The summed E-state index contributed by atoms with van der Waals surface area (Å²) in [5.74, 6) is 1.39. The molecule has 0 aliphatic carbocycles. The molecule has 2 N–H and O–H groups in total. The molecule has 1 aromatic rings. The number of methoxy groups -OCH3 is 1. The van der Waals surface area contributed by atoms with E-state index >= 15 is 0 Å². The van der Waals surface area contributed by atoms with Gasteiger partial charge in [-0.2, -0.15) is 0 Å². The molecule has 0 radical (unpaired) electrons. The Balaban J connectivity index is 0.00000180. The molecule has 1 aliphatic rings. The number of benzene rings is 1. The molecule has 106 valence electrons. The number of hydrogen-bond donors (Lipinski definition) is 2. The Hall–Kier alpha value is -1.26. The molecule has 5 heteroatoms. The van der Waals surface area contributed by atoms with Gasteiger partial charge in [0.05, 0.1) is 7.11 Å². The van der Waals surface area contributed by atoms with Gasteiger partial charge < -0.3 is 15.4 Å². The third kappa shape index (κ3) is 4.73. The number of carbonyl (C=O) groups is 1. The summed E-state index contributed by atoms with van der Waals surface area (Å²) in [5.41, 5.74) is 0.652. The van der Waals surface area contributed by atoms with E-state index < -0.39 is 0 Å². The van der Waals surface area contributed by atoms with Gasteiger partial charge in [0.15, 0.2) is 0 Å². The molecule has 0 spiro atoms. The van der Waals surface area contributed by atoms with Crippen LogP contribution in [-0.2, 0) is 0 Å². The standard InChI is InChI=1S/C14H20N2O2.ClH/c1-18-13-4-2-3-12(9-13)14(17)16-8-6-11-5-7-15-10-11;/h2-4,9,11,15H,5-8,10H2,1H3,(H,16,17);1H. The molecule has 1 atom stereocenters. The van der Waals surface area contributed by atoms with Crippen LogP contribution in [-0.4, -0.2) is 32.7 Å². The lowest BCUT2D eigenvalue weighted by molar-refractivity contribution is 0.0951. The van der Waals surface area contributed by atoms with Crippen LogP contribution >= 0.6 is 12.4 Å². The van der Waals surface area contributed by atoms with Gasteiger partial charge in [0, 0.05) is 12.1 Å². The van der Waals surface area contributed by atoms with E-state index in [0.29, 0.717) is 17.2 Å². The Morgan fingerprint density at radius 1 is 1.53 bits per heavy atom. The van der Waals surface area contributed by atoms with Crippen molar-refractivity contribution in [1.29, 1.82) is 0 Å². The largest absolute Gasteiger partial charge is 0.497 e. The molecule has 1 fully saturated rings. The second-order valence-corrected chi connectivity index (χ2v) is 4.64. The van der Waals surface area contributed by atoms with Crippen LogP contribution in [0.5, 0.6) is 5.75 Å². The summed E-state index contributed by atoms with van der Waals surface area (Å²) in [6.07, 6.45) is 2.26. The number of ether oxygens (including phenoxy) is 1. The monoisotopic (exact) mass is 284 g/mol. The third-order valence-corrected chi connectivity index (χ3v) is 3.33. The average Bonchev–Trinajstić information content (AvgIpc) is 2.92. The number of nitrogens with one attached hydrogen (secondary N) is 2. The maximum absolute atomic E-state index is 11.9. The zero-order valence-electron chi connectivity index (χ0n) is 11.1. The highest BCUT2D eigenvalue weighted by Gasteiger charge is 2.14. The normalized spacial score (nSPS) is 17.6. The fourth-order valence-corrected chi connectivity index (χ4v) is 2.22. The molecule has 1 aromatic carbocycles. The number of hydrogen-bond acceptors (Lipinski definition) is 3. The van der Waals surface area contributed by atoms with E-state index in [-0.39, 0.29) is 18.3 Å². The molecule has 1 heterocycles. The SMILES string of the molecule is COc1cccc(C(=O)NCCC2CCNC2)c1.Cl. The zero-order valence-corrected chi connectivity index (χ0v) is 12.0. The minimum absolute atomic E-state index is 0. The van der Waals surface area contributed by atoms with Crippen molar-refractivity contribution in [3.8, 4) is 5.75 Å². The lowest BCUT2D eigenvalue weighted by Gasteiger charge is -2.09. The summed E-state index contributed by atoms with van der Waals surface area (Å²) in [6.45, 7) is 2.92. The van der Waals surface area contributed by atoms with E-state index in [4.69, 9.17) is 4.74 Å². The predicted molar refractivity (Wildman–Crippen MR) is 78.2 cm³/mol. The Morgan fingerprint density at radius 3 is 3.05 bits per heavy atom. The molecule has 4 nitrogen and oxygen atoms in total. The summed E-state index contributed by atoms with van der Waals surface area (Å²) in [6, 6.07) is 7.22. The van der Waals surface area contributed by atoms with E-state index in [0.717, 1.165) is 26.1 Å². The lowest BCUT2D eigenvalue weighted by atomic mass is 10.1. The molecular formula is C14H21ClN2O2. The Labute approximate surface area is 120 Å². The summed E-state index contributed by atoms with van der Waals surface area (Å²) in [4.78, 5) is 11.9.